The van der Waals surface area contributed by atoms with Crippen molar-refractivity contribution >= 4 is 11.6 Å². The quantitative estimate of drug-likeness (QED) is 0.846. The van der Waals surface area contributed by atoms with Gasteiger partial charge in [0.15, 0.2) is 0 Å². The summed E-state index contributed by atoms with van der Waals surface area (Å²) >= 11 is 0. The van der Waals surface area contributed by atoms with E-state index in [2.05, 4.69) is 45.4 Å². The lowest BCUT2D eigenvalue weighted by molar-refractivity contribution is -0.125. The maximum atomic E-state index is 11.6. The van der Waals surface area contributed by atoms with Crippen LogP contribution in [0.3, 0.4) is 0 Å². The first kappa shape index (κ1) is 14.4. The van der Waals surface area contributed by atoms with E-state index in [4.69, 9.17) is 5.73 Å². The number of nitrogens with one attached hydrogen (secondary N) is 1. The molecule has 1 aromatic rings. The molecule has 21 heavy (non-hydrogen) atoms. The van der Waals surface area contributed by atoms with Crippen molar-refractivity contribution in [2.75, 3.05) is 37.6 Å². The highest BCUT2D eigenvalue weighted by molar-refractivity contribution is 5.80. The van der Waals surface area contributed by atoms with Crippen LogP contribution in [0.2, 0.25) is 0 Å². The van der Waals surface area contributed by atoms with Crippen molar-refractivity contribution in [3.05, 3.63) is 30.3 Å². The highest BCUT2D eigenvalue weighted by Crippen LogP contribution is 2.24. The standard InChI is InChI=1S/C16H24N4O/c17-16(21)15-12-18-8-11-20(15)14-6-9-19(10-7-14)13-4-2-1-3-5-13/h1-5,14-15,18H,6-12H2,(H2,17,21). The molecule has 2 aliphatic rings. The van der Waals surface area contributed by atoms with Gasteiger partial charge in [0, 0.05) is 44.5 Å². The van der Waals surface area contributed by atoms with Crippen LogP contribution < -0.4 is 16.0 Å². The van der Waals surface area contributed by atoms with E-state index >= 15 is 0 Å². The predicted molar refractivity (Wildman–Crippen MR) is 84.2 cm³/mol. The molecular formula is C16H24N4O. The van der Waals surface area contributed by atoms with E-state index in [1.807, 2.05) is 0 Å². The fourth-order valence-corrected chi connectivity index (χ4v) is 3.52. The van der Waals surface area contributed by atoms with Gasteiger partial charge in [0.2, 0.25) is 5.91 Å². The third-order valence-electron chi connectivity index (χ3n) is 4.67. The molecule has 2 aliphatic heterocycles. The van der Waals surface area contributed by atoms with Crippen LogP contribution in [-0.2, 0) is 4.79 Å². The molecule has 0 aliphatic carbocycles. The summed E-state index contributed by atoms with van der Waals surface area (Å²) in [4.78, 5) is 16.4. The minimum absolute atomic E-state index is 0.146. The van der Waals surface area contributed by atoms with Crippen molar-refractivity contribution in [3.63, 3.8) is 0 Å². The largest absolute Gasteiger partial charge is 0.371 e. The number of anilines is 1. The molecule has 1 amide bonds. The number of carbonyl (C=O) groups excluding carboxylic acids is 1. The second-order valence-corrected chi connectivity index (χ2v) is 5.91. The Morgan fingerprint density at radius 3 is 2.52 bits per heavy atom. The number of para-hydroxylation sites is 1. The molecule has 0 radical (unpaired) electrons. The number of hydrogen-bond donors (Lipinski definition) is 2. The molecule has 0 spiro atoms. The molecule has 0 bridgehead atoms. The Morgan fingerprint density at radius 1 is 1.14 bits per heavy atom. The lowest BCUT2D eigenvalue weighted by atomic mass is 9.99. The summed E-state index contributed by atoms with van der Waals surface area (Å²) < 4.78 is 0. The molecule has 3 rings (SSSR count). The van der Waals surface area contributed by atoms with E-state index < -0.39 is 0 Å². The molecule has 1 unspecified atom stereocenters. The van der Waals surface area contributed by atoms with Crippen LogP contribution in [0.4, 0.5) is 5.69 Å². The average molecular weight is 288 g/mol. The highest BCUT2D eigenvalue weighted by Gasteiger charge is 2.33. The second-order valence-electron chi connectivity index (χ2n) is 5.91. The van der Waals surface area contributed by atoms with Crippen molar-refractivity contribution in [1.29, 1.82) is 0 Å². The Bertz CT molecular complexity index is 470. The zero-order valence-electron chi connectivity index (χ0n) is 12.4. The van der Waals surface area contributed by atoms with Gasteiger partial charge in [-0.05, 0) is 25.0 Å². The number of hydrogen-bond acceptors (Lipinski definition) is 4. The highest BCUT2D eigenvalue weighted by atomic mass is 16.1. The van der Waals surface area contributed by atoms with Gasteiger partial charge in [-0.1, -0.05) is 18.2 Å². The average Bonchev–Trinajstić information content (AvgIpc) is 2.56. The van der Waals surface area contributed by atoms with E-state index in [9.17, 15) is 4.79 Å². The Hall–Kier alpha value is -1.59. The number of primary amides is 1. The molecule has 2 heterocycles. The van der Waals surface area contributed by atoms with Crippen LogP contribution >= 0.6 is 0 Å². The van der Waals surface area contributed by atoms with Gasteiger partial charge >= 0.3 is 0 Å². The summed E-state index contributed by atoms with van der Waals surface area (Å²) in [5.41, 5.74) is 6.85. The first-order chi connectivity index (χ1) is 10.3. The Labute approximate surface area is 126 Å². The van der Waals surface area contributed by atoms with E-state index in [1.165, 1.54) is 5.69 Å². The van der Waals surface area contributed by atoms with Crippen LogP contribution in [-0.4, -0.2) is 55.6 Å². The zero-order valence-corrected chi connectivity index (χ0v) is 12.4. The van der Waals surface area contributed by atoms with Crippen LogP contribution in [0, 0.1) is 0 Å². The van der Waals surface area contributed by atoms with Crippen LogP contribution in [0.5, 0.6) is 0 Å². The fourth-order valence-electron chi connectivity index (χ4n) is 3.52. The summed E-state index contributed by atoms with van der Waals surface area (Å²) in [6.45, 7) is 4.65. The monoisotopic (exact) mass is 288 g/mol. The number of benzene rings is 1. The topological polar surface area (TPSA) is 61.6 Å². The third-order valence-corrected chi connectivity index (χ3v) is 4.67. The summed E-state index contributed by atoms with van der Waals surface area (Å²) in [5, 5.41) is 3.27. The molecule has 1 atom stereocenters. The maximum Gasteiger partial charge on any atom is 0.236 e. The summed E-state index contributed by atoms with van der Waals surface area (Å²) in [6, 6.07) is 10.9. The molecule has 0 aromatic heterocycles. The van der Waals surface area contributed by atoms with Gasteiger partial charge in [-0.3, -0.25) is 9.69 Å². The van der Waals surface area contributed by atoms with Gasteiger partial charge in [-0.25, -0.2) is 0 Å². The smallest absolute Gasteiger partial charge is 0.236 e. The molecule has 2 saturated heterocycles. The number of piperidine rings is 1. The van der Waals surface area contributed by atoms with E-state index in [0.717, 1.165) is 39.0 Å². The molecule has 3 N–H and O–H groups in total. The molecule has 5 heteroatoms. The Morgan fingerprint density at radius 2 is 1.86 bits per heavy atom. The minimum atomic E-state index is -0.201. The normalized spacial score (nSPS) is 25.0. The number of piperazine rings is 1. The second kappa shape index (κ2) is 6.45. The van der Waals surface area contributed by atoms with E-state index in [1.54, 1.807) is 0 Å². The van der Waals surface area contributed by atoms with Gasteiger partial charge in [0.05, 0.1) is 0 Å². The van der Waals surface area contributed by atoms with Crippen molar-refractivity contribution < 1.29 is 4.79 Å². The first-order valence-corrected chi connectivity index (χ1v) is 7.81. The predicted octanol–water partition coefficient (Wildman–Crippen LogP) is 0.415. The van der Waals surface area contributed by atoms with Gasteiger partial charge in [-0.15, -0.1) is 0 Å². The molecular weight excluding hydrogens is 264 g/mol. The maximum absolute atomic E-state index is 11.6. The Kier molecular flexibility index (Phi) is 4.41. The van der Waals surface area contributed by atoms with Crippen molar-refractivity contribution in [3.8, 4) is 0 Å². The van der Waals surface area contributed by atoms with Crippen molar-refractivity contribution in [1.82, 2.24) is 10.2 Å². The van der Waals surface area contributed by atoms with Gasteiger partial charge in [-0.2, -0.15) is 0 Å². The van der Waals surface area contributed by atoms with Crippen molar-refractivity contribution in [2.45, 2.75) is 24.9 Å². The summed E-state index contributed by atoms with van der Waals surface area (Å²) in [7, 11) is 0. The van der Waals surface area contributed by atoms with Gasteiger partial charge in [0.25, 0.3) is 0 Å². The van der Waals surface area contributed by atoms with Crippen LogP contribution in [0.25, 0.3) is 0 Å². The minimum Gasteiger partial charge on any atom is -0.371 e. The number of nitrogens with zero attached hydrogens (tertiary/aromatic N) is 2. The number of rotatable bonds is 3. The number of carbonyl (C=O) groups is 1. The Balaban J connectivity index is 1.61. The molecule has 1 aromatic carbocycles. The van der Waals surface area contributed by atoms with E-state index in [-0.39, 0.29) is 11.9 Å². The fraction of sp³-hybridized carbons (Fsp3) is 0.562. The lowest BCUT2D eigenvalue weighted by Crippen LogP contribution is -2.61. The molecule has 114 valence electrons. The van der Waals surface area contributed by atoms with Crippen molar-refractivity contribution in [2.24, 2.45) is 5.73 Å². The number of nitrogens with two attached hydrogens (primary N) is 1. The summed E-state index contributed by atoms with van der Waals surface area (Å²) in [5.74, 6) is -0.201. The molecule has 0 saturated carbocycles. The zero-order chi connectivity index (χ0) is 14.7. The first-order valence-electron chi connectivity index (χ1n) is 7.81. The SMILES string of the molecule is NC(=O)C1CNCCN1C1CCN(c2ccccc2)CC1. The molecule has 5 nitrogen and oxygen atoms in total. The van der Waals surface area contributed by atoms with Crippen LogP contribution in [0.15, 0.2) is 30.3 Å². The van der Waals surface area contributed by atoms with E-state index in [0.29, 0.717) is 12.6 Å². The number of amides is 1. The van der Waals surface area contributed by atoms with Crippen LogP contribution in [0.1, 0.15) is 12.8 Å². The third kappa shape index (κ3) is 3.19. The molecule has 2 fully saturated rings. The lowest BCUT2D eigenvalue weighted by Gasteiger charge is -2.44. The van der Waals surface area contributed by atoms with Gasteiger partial charge < -0.3 is 16.0 Å². The summed E-state index contributed by atoms with van der Waals surface area (Å²) in [6.07, 6.45) is 2.19. The van der Waals surface area contributed by atoms with Gasteiger partial charge in [0.1, 0.15) is 6.04 Å².